The summed E-state index contributed by atoms with van der Waals surface area (Å²) in [5, 5.41) is 20.3. The van der Waals surface area contributed by atoms with Crippen molar-refractivity contribution in [3.05, 3.63) is 11.6 Å². The molecule has 4 aliphatic rings. The van der Waals surface area contributed by atoms with Crippen LogP contribution in [0.2, 0.25) is 0 Å². The molecule has 0 aromatic carbocycles. The molecule has 2 N–H and O–H groups in total. The summed E-state index contributed by atoms with van der Waals surface area (Å²) in [6.07, 6.45) is 15.9. The Hall–Kier alpha value is -0.340. The summed E-state index contributed by atoms with van der Waals surface area (Å²) in [5.74, 6) is 4.24. The SMILES string of the molecule is CC.CC.C[C@H](CCCC(C)(C)O)C1CCC2C3CC=C4CC(O)CCC4(C)C3CCC21C. The minimum atomic E-state index is -0.519. The largest absolute Gasteiger partial charge is 0.393 e. The molecule has 0 spiro atoms. The highest BCUT2D eigenvalue weighted by atomic mass is 16.3. The molecule has 3 saturated carbocycles. The molecule has 0 aromatic rings. The van der Waals surface area contributed by atoms with Crippen molar-refractivity contribution in [1.82, 2.24) is 0 Å². The molecule has 0 aliphatic heterocycles. The van der Waals surface area contributed by atoms with Crippen molar-refractivity contribution in [3.63, 3.8) is 0 Å². The number of allylic oxidation sites excluding steroid dienone is 1. The molecule has 8 atom stereocenters. The molecule has 33 heavy (non-hydrogen) atoms. The highest BCUT2D eigenvalue weighted by molar-refractivity contribution is 5.25. The van der Waals surface area contributed by atoms with Crippen LogP contribution in [-0.4, -0.2) is 21.9 Å². The molecule has 4 rings (SSSR count). The summed E-state index contributed by atoms with van der Waals surface area (Å²) < 4.78 is 0. The number of aliphatic hydroxyl groups is 2. The zero-order chi connectivity index (χ0) is 25.0. The Morgan fingerprint density at radius 3 is 2.30 bits per heavy atom. The van der Waals surface area contributed by atoms with Crippen LogP contribution in [0.3, 0.4) is 0 Å². The molecule has 0 saturated heterocycles. The molecular formula is C31H58O2. The molecule has 4 aliphatic carbocycles. The highest BCUT2D eigenvalue weighted by Crippen LogP contribution is 2.67. The summed E-state index contributed by atoms with van der Waals surface area (Å²) in [6.45, 7) is 19.6. The number of hydrogen-bond donors (Lipinski definition) is 2. The molecule has 0 bridgehead atoms. The van der Waals surface area contributed by atoms with E-state index in [-0.39, 0.29) is 6.10 Å². The van der Waals surface area contributed by atoms with E-state index in [1.807, 2.05) is 41.5 Å². The van der Waals surface area contributed by atoms with Crippen LogP contribution >= 0.6 is 0 Å². The van der Waals surface area contributed by atoms with Gasteiger partial charge in [0.2, 0.25) is 0 Å². The van der Waals surface area contributed by atoms with Gasteiger partial charge in [0.25, 0.3) is 0 Å². The van der Waals surface area contributed by atoms with Crippen LogP contribution in [0.4, 0.5) is 0 Å². The molecule has 0 aromatic heterocycles. The number of aliphatic hydroxyl groups excluding tert-OH is 1. The smallest absolute Gasteiger partial charge is 0.0591 e. The van der Waals surface area contributed by atoms with Crippen molar-refractivity contribution in [3.8, 4) is 0 Å². The second-order valence-electron chi connectivity index (χ2n) is 12.6. The fraction of sp³-hybridized carbons (Fsp3) is 0.935. The van der Waals surface area contributed by atoms with Crippen molar-refractivity contribution in [1.29, 1.82) is 0 Å². The van der Waals surface area contributed by atoms with Crippen LogP contribution in [0.5, 0.6) is 0 Å². The summed E-state index contributed by atoms with van der Waals surface area (Å²) in [5.41, 5.74) is 1.95. The summed E-state index contributed by atoms with van der Waals surface area (Å²) in [6, 6.07) is 0. The standard InChI is InChI=1S/C27H46O2.2C2H6/c1-18(7-6-14-25(2,3)29)22-10-11-23-21-9-8-19-17-20(28)12-15-26(19,4)24(21)13-16-27(22,23)5;2*1-2/h8,18,20-24,28-29H,6-7,9-17H2,1-5H3;2*1-2H3/t18-,20?,21?,22?,23?,24?,26?,27?;;/m1../s1. The van der Waals surface area contributed by atoms with Crippen molar-refractivity contribution >= 4 is 0 Å². The van der Waals surface area contributed by atoms with E-state index in [2.05, 4.69) is 26.8 Å². The summed E-state index contributed by atoms with van der Waals surface area (Å²) in [4.78, 5) is 0. The van der Waals surface area contributed by atoms with Gasteiger partial charge in [-0.2, -0.15) is 0 Å². The van der Waals surface area contributed by atoms with Crippen molar-refractivity contribution < 1.29 is 10.2 Å². The number of rotatable bonds is 5. The zero-order valence-corrected chi connectivity index (χ0v) is 23.7. The van der Waals surface area contributed by atoms with Gasteiger partial charge >= 0.3 is 0 Å². The Bertz CT molecular complexity index is 631. The molecule has 194 valence electrons. The van der Waals surface area contributed by atoms with Crippen molar-refractivity contribution in [2.45, 2.75) is 145 Å². The van der Waals surface area contributed by atoms with Gasteiger partial charge < -0.3 is 10.2 Å². The predicted molar refractivity (Wildman–Crippen MR) is 143 cm³/mol. The van der Waals surface area contributed by atoms with Crippen LogP contribution in [0, 0.1) is 40.4 Å². The fourth-order valence-corrected chi connectivity index (χ4v) is 8.67. The van der Waals surface area contributed by atoms with E-state index in [4.69, 9.17) is 0 Å². The average molecular weight is 463 g/mol. The van der Waals surface area contributed by atoms with Crippen LogP contribution in [0.25, 0.3) is 0 Å². The Morgan fingerprint density at radius 2 is 1.67 bits per heavy atom. The van der Waals surface area contributed by atoms with Gasteiger partial charge in [0, 0.05) is 0 Å². The van der Waals surface area contributed by atoms with E-state index in [9.17, 15) is 10.2 Å². The molecule has 3 fully saturated rings. The first-order chi connectivity index (χ1) is 15.5. The lowest BCUT2D eigenvalue weighted by atomic mass is 9.47. The second kappa shape index (κ2) is 11.6. The highest BCUT2D eigenvalue weighted by Gasteiger charge is 2.59. The van der Waals surface area contributed by atoms with Crippen LogP contribution in [0.1, 0.15) is 133 Å². The first kappa shape index (κ1) is 28.9. The lowest BCUT2D eigenvalue weighted by Crippen LogP contribution is -2.50. The van der Waals surface area contributed by atoms with Crippen LogP contribution in [0.15, 0.2) is 11.6 Å². The predicted octanol–water partition coefficient (Wildman–Crippen LogP) is 8.56. The fourth-order valence-electron chi connectivity index (χ4n) is 8.67. The Labute approximate surface area is 207 Å². The van der Waals surface area contributed by atoms with E-state index in [0.717, 1.165) is 55.3 Å². The van der Waals surface area contributed by atoms with E-state index in [1.54, 1.807) is 5.57 Å². The van der Waals surface area contributed by atoms with Gasteiger partial charge in [0.15, 0.2) is 0 Å². The third kappa shape index (κ3) is 5.91. The van der Waals surface area contributed by atoms with Gasteiger partial charge in [-0.05, 0) is 112 Å². The topological polar surface area (TPSA) is 40.5 Å². The van der Waals surface area contributed by atoms with Crippen molar-refractivity contribution in [2.24, 2.45) is 40.4 Å². The molecule has 0 amide bonds. The van der Waals surface area contributed by atoms with E-state index in [1.165, 1.54) is 44.9 Å². The Kier molecular flexibility index (Phi) is 10.2. The molecule has 0 radical (unpaired) electrons. The normalized spacial score (nSPS) is 40.6. The molecule has 2 nitrogen and oxygen atoms in total. The van der Waals surface area contributed by atoms with Crippen LogP contribution < -0.4 is 0 Å². The second-order valence-corrected chi connectivity index (χ2v) is 12.6. The summed E-state index contributed by atoms with van der Waals surface area (Å²) >= 11 is 0. The van der Waals surface area contributed by atoms with Gasteiger partial charge in [-0.25, -0.2) is 0 Å². The number of hydrogen-bond acceptors (Lipinski definition) is 2. The van der Waals surface area contributed by atoms with E-state index in [0.29, 0.717) is 10.8 Å². The Morgan fingerprint density at radius 1 is 1.00 bits per heavy atom. The van der Waals surface area contributed by atoms with Gasteiger partial charge in [0.1, 0.15) is 0 Å². The molecule has 0 heterocycles. The van der Waals surface area contributed by atoms with E-state index < -0.39 is 5.60 Å². The lowest BCUT2D eigenvalue weighted by Gasteiger charge is -2.58. The first-order valence-corrected chi connectivity index (χ1v) is 14.6. The van der Waals surface area contributed by atoms with Crippen molar-refractivity contribution in [2.75, 3.05) is 0 Å². The maximum atomic E-state index is 10.2. The summed E-state index contributed by atoms with van der Waals surface area (Å²) in [7, 11) is 0. The van der Waals surface area contributed by atoms with Gasteiger partial charge in [-0.3, -0.25) is 0 Å². The maximum absolute atomic E-state index is 10.2. The molecule has 7 unspecified atom stereocenters. The van der Waals surface area contributed by atoms with Gasteiger partial charge in [-0.15, -0.1) is 0 Å². The molecular weight excluding hydrogens is 404 g/mol. The average Bonchev–Trinajstić information content (AvgIpc) is 3.13. The zero-order valence-electron chi connectivity index (χ0n) is 23.7. The third-order valence-electron chi connectivity index (χ3n) is 10.3. The minimum absolute atomic E-state index is 0.0969. The Balaban J connectivity index is 0.000000914. The van der Waals surface area contributed by atoms with E-state index >= 15 is 0 Å². The van der Waals surface area contributed by atoms with Gasteiger partial charge in [-0.1, -0.05) is 73.0 Å². The maximum Gasteiger partial charge on any atom is 0.0591 e. The van der Waals surface area contributed by atoms with Gasteiger partial charge in [0.05, 0.1) is 11.7 Å². The monoisotopic (exact) mass is 462 g/mol. The third-order valence-corrected chi connectivity index (χ3v) is 10.3. The lowest BCUT2D eigenvalue weighted by molar-refractivity contribution is -0.0575. The molecule has 2 heteroatoms. The first-order valence-electron chi connectivity index (χ1n) is 14.6. The minimum Gasteiger partial charge on any atom is -0.393 e. The quantitative estimate of drug-likeness (QED) is 0.402. The van der Waals surface area contributed by atoms with Crippen LogP contribution in [-0.2, 0) is 0 Å². The number of fused-ring (bicyclic) bond motifs is 5.